The summed E-state index contributed by atoms with van der Waals surface area (Å²) in [6.45, 7) is 5.05. The minimum Gasteiger partial charge on any atom is -0.494 e. The first-order chi connectivity index (χ1) is 24.5. The lowest BCUT2D eigenvalue weighted by Crippen LogP contribution is -2.57. The predicted molar refractivity (Wildman–Crippen MR) is 187 cm³/mol. The van der Waals surface area contributed by atoms with Crippen LogP contribution in [0.15, 0.2) is 84.1 Å². The molecule has 1 heterocycles. The van der Waals surface area contributed by atoms with E-state index in [9.17, 15) is 35.0 Å². The third-order valence-corrected chi connectivity index (χ3v) is 8.95. The number of aliphatic hydroxyl groups excluding tert-OH is 1. The average molecular weight is 708 g/mol. The number of carboxylic acids is 2. The van der Waals surface area contributed by atoms with Crippen LogP contribution in [0.4, 0.5) is 5.69 Å². The molecule has 5 N–H and O–H groups in total. The van der Waals surface area contributed by atoms with Crippen LogP contribution in [-0.2, 0) is 20.7 Å². The molecule has 0 amide bonds. The largest absolute Gasteiger partial charge is 0.494 e. The number of aliphatic hydroxyl groups is 1. The number of nitrogens with zero attached hydrogens (tertiary/aromatic N) is 1. The molecule has 51 heavy (non-hydrogen) atoms. The van der Waals surface area contributed by atoms with Gasteiger partial charge >= 0.3 is 11.9 Å². The van der Waals surface area contributed by atoms with Crippen LogP contribution in [0.5, 0.6) is 17.2 Å². The zero-order valence-electron chi connectivity index (χ0n) is 28.9. The van der Waals surface area contributed by atoms with Gasteiger partial charge in [-0.05, 0) is 67.8 Å². The van der Waals surface area contributed by atoms with Crippen molar-refractivity contribution in [3.05, 3.63) is 105 Å². The molecule has 4 unspecified atom stereocenters. The molecule has 0 radical (unpaired) electrons. The number of allylic oxidation sites excluding steroid dienone is 1. The number of carboxylic acid groups (broad SMARTS) is 2. The lowest BCUT2D eigenvalue weighted by Gasteiger charge is -2.46. The van der Waals surface area contributed by atoms with Crippen molar-refractivity contribution in [2.24, 2.45) is 5.41 Å². The van der Waals surface area contributed by atoms with Gasteiger partial charge in [0.25, 0.3) is 5.69 Å². The van der Waals surface area contributed by atoms with Crippen molar-refractivity contribution in [3.63, 3.8) is 0 Å². The molecule has 0 aliphatic carbocycles. The summed E-state index contributed by atoms with van der Waals surface area (Å²) in [6, 6.07) is 19.1. The van der Waals surface area contributed by atoms with E-state index in [2.05, 4.69) is 10.6 Å². The Morgan fingerprint density at radius 2 is 1.59 bits per heavy atom. The van der Waals surface area contributed by atoms with Crippen molar-refractivity contribution in [1.82, 2.24) is 10.6 Å². The Hall–Kier alpha value is -5.18. The van der Waals surface area contributed by atoms with E-state index in [0.29, 0.717) is 43.6 Å². The number of hydrogen-bond acceptors (Lipinski definition) is 11. The van der Waals surface area contributed by atoms with Gasteiger partial charge in [0.05, 0.1) is 23.7 Å². The molecule has 0 bridgehead atoms. The smallest absolute Gasteiger partial charge is 0.333 e. The van der Waals surface area contributed by atoms with Crippen LogP contribution < -0.4 is 24.8 Å². The van der Waals surface area contributed by atoms with Crippen molar-refractivity contribution < 1.29 is 48.8 Å². The van der Waals surface area contributed by atoms with Gasteiger partial charge in [0.15, 0.2) is 0 Å². The normalized spacial score (nSPS) is 19.1. The highest BCUT2D eigenvalue weighted by Gasteiger charge is 2.56. The Bertz CT molecular complexity index is 1660. The topological polar surface area (TPSA) is 199 Å². The maximum atomic E-state index is 13.1. The monoisotopic (exact) mass is 707 g/mol. The number of nitro groups is 1. The summed E-state index contributed by atoms with van der Waals surface area (Å²) in [7, 11) is 1.66. The lowest BCUT2D eigenvalue weighted by molar-refractivity contribution is -0.384. The number of nitrogens with one attached hydrogen (secondary N) is 2. The highest BCUT2D eigenvalue weighted by Crippen LogP contribution is 2.50. The van der Waals surface area contributed by atoms with Gasteiger partial charge in [-0.25, -0.2) is 4.79 Å². The summed E-state index contributed by atoms with van der Waals surface area (Å²) in [5, 5.41) is 48.7. The van der Waals surface area contributed by atoms with Crippen molar-refractivity contribution in [1.29, 1.82) is 0 Å². The van der Waals surface area contributed by atoms with Crippen LogP contribution in [0.3, 0.4) is 0 Å². The van der Waals surface area contributed by atoms with Crippen LogP contribution >= 0.6 is 0 Å². The maximum absolute atomic E-state index is 13.1. The van der Waals surface area contributed by atoms with Crippen LogP contribution in [0.1, 0.15) is 37.3 Å². The fourth-order valence-corrected chi connectivity index (χ4v) is 6.30. The number of benzene rings is 3. The summed E-state index contributed by atoms with van der Waals surface area (Å²) >= 11 is 0. The summed E-state index contributed by atoms with van der Waals surface area (Å²) in [4.78, 5) is 36.5. The maximum Gasteiger partial charge on any atom is 0.333 e. The lowest BCUT2D eigenvalue weighted by atomic mass is 9.60. The standard InChI is InChI=1S/C37H45N3O11/c1-24-33(35(42)43)34(27-5-4-6-28(21-27)40(46)47)37(36(44)45,25(2)39-24)16-19-49-30-11-13-31(14-12-30)50-20-17-38-22-29(41)23-51-32-9-7-26(8-10-32)15-18-48-3/h4-14,21,25,29,34,38-39,41H,15-20,22-23H2,1-3H3,(H,42,43)(H,44,45). The summed E-state index contributed by atoms with van der Waals surface area (Å²) in [5.74, 6) is -2.07. The molecule has 3 aromatic carbocycles. The van der Waals surface area contributed by atoms with E-state index >= 15 is 0 Å². The SMILES string of the molecule is COCCc1ccc(OCC(O)CNCCOc2ccc(OCCC3(C(=O)O)C(C)NC(C)=C(C(=O)O)C3c3cccc([N+](=O)[O-])c3)cc2)cc1. The van der Waals surface area contributed by atoms with E-state index in [1.54, 1.807) is 45.2 Å². The Labute approximate surface area is 296 Å². The third-order valence-electron chi connectivity index (χ3n) is 8.95. The number of rotatable bonds is 20. The highest BCUT2D eigenvalue weighted by molar-refractivity contribution is 5.93. The van der Waals surface area contributed by atoms with E-state index in [-0.39, 0.29) is 42.2 Å². The first-order valence-corrected chi connectivity index (χ1v) is 16.6. The summed E-state index contributed by atoms with van der Waals surface area (Å²) < 4.78 is 22.4. The van der Waals surface area contributed by atoms with Crippen molar-refractivity contribution in [2.75, 3.05) is 46.6 Å². The molecule has 1 aliphatic rings. The molecule has 0 aromatic heterocycles. The average Bonchev–Trinajstić information content (AvgIpc) is 3.11. The quantitative estimate of drug-likeness (QED) is 0.0638. The highest BCUT2D eigenvalue weighted by atomic mass is 16.6. The van der Waals surface area contributed by atoms with Crippen molar-refractivity contribution in [2.45, 2.75) is 44.8 Å². The predicted octanol–water partition coefficient (Wildman–Crippen LogP) is 4.17. The number of non-ortho nitro benzene ring substituents is 1. The van der Waals surface area contributed by atoms with Gasteiger partial charge in [-0.1, -0.05) is 24.3 Å². The second kappa shape index (κ2) is 18.2. The van der Waals surface area contributed by atoms with Crippen LogP contribution in [0.2, 0.25) is 0 Å². The van der Waals surface area contributed by atoms with Gasteiger partial charge in [-0.2, -0.15) is 0 Å². The fraction of sp³-hybridized carbons (Fsp3) is 0.405. The molecule has 4 rings (SSSR count). The molecule has 14 nitrogen and oxygen atoms in total. The minimum absolute atomic E-state index is 0.0778. The molecule has 0 spiro atoms. The van der Waals surface area contributed by atoms with Crippen molar-refractivity contribution in [3.8, 4) is 17.2 Å². The number of aliphatic carboxylic acids is 2. The van der Waals surface area contributed by atoms with Gasteiger partial charge in [-0.15, -0.1) is 0 Å². The Balaban J connectivity index is 1.28. The number of hydrogen-bond donors (Lipinski definition) is 5. The number of methoxy groups -OCH3 is 1. The number of nitro benzene ring substituents is 1. The second-order valence-electron chi connectivity index (χ2n) is 12.3. The van der Waals surface area contributed by atoms with E-state index < -0.39 is 40.3 Å². The zero-order valence-corrected chi connectivity index (χ0v) is 28.9. The molecule has 1 aliphatic heterocycles. The molecular weight excluding hydrogens is 662 g/mol. The first kappa shape index (κ1) is 38.6. The Morgan fingerprint density at radius 1 is 0.961 bits per heavy atom. The molecular formula is C37H45N3O11. The van der Waals surface area contributed by atoms with Gasteiger partial charge in [0.2, 0.25) is 0 Å². The molecule has 14 heteroatoms. The van der Waals surface area contributed by atoms with E-state index in [0.717, 1.165) is 12.0 Å². The van der Waals surface area contributed by atoms with Gasteiger partial charge in [0, 0.05) is 56.4 Å². The minimum atomic E-state index is -1.71. The van der Waals surface area contributed by atoms with Crippen LogP contribution in [-0.4, -0.2) is 91.0 Å². The third kappa shape index (κ3) is 9.96. The number of ether oxygens (including phenoxy) is 4. The van der Waals surface area contributed by atoms with Gasteiger partial charge in [-0.3, -0.25) is 14.9 Å². The molecule has 3 aromatic rings. The Kier molecular flexibility index (Phi) is 13.8. The molecule has 4 atom stereocenters. The molecule has 0 saturated heterocycles. The summed E-state index contributed by atoms with van der Waals surface area (Å²) in [6.07, 6.45) is 0.00998. The number of carbonyl (C=O) groups is 2. The first-order valence-electron chi connectivity index (χ1n) is 16.6. The Morgan fingerprint density at radius 3 is 2.20 bits per heavy atom. The second-order valence-corrected chi connectivity index (χ2v) is 12.3. The van der Waals surface area contributed by atoms with Crippen LogP contribution in [0, 0.1) is 15.5 Å². The van der Waals surface area contributed by atoms with E-state index in [1.165, 1.54) is 24.3 Å². The van der Waals surface area contributed by atoms with Gasteiger partial charge in [0.1, 0.15) is 42.0 Å². The van der Waals surface area contributed by atoms with E-state index in [1.807, 2.05) is 24.3 Å². The summed E-state index contributed by atoms with van der Waals surface area (Å²) in [5.41, 5.74) is -0.506. The van der Waals surface area contributed by atoms with Gasteiger partial charge < -0.3 is 44.9 Å². The van der Waals surface area contributed by atoms with Crippen molar-refractivity contribution >= 4 is 17.6 Å². The van der Waals surface area contributed by atoms with E-state index in [4.69, 9.17) is 18.9 Å². The fourth-order valence-electron chi connectivity index (χ4n) is 6.30. The molecule has 0 fully saturated rings. The zero-order chi connectivity index (χ0) is 37.0. The van der Waals surface area contributed by atoms with Crippen LogP contribution in [0.25, 0.3) is 0 Å². The molecule has 0 saturated carbocycles. The molecule has 274 valence electrons.